The summed E-state index contributed by atoms with van der Waals surface area (Å²) < 4.78 is 14.2. The van der Waals surface area contributed by atoms with Crippen LogP contribution < -0.4 is 0 Å². The summed E-state index contributed by atoms with van der Waals surface area (Å²) in [7, 11) is -3.04. The van der Waals surface area contributed by atoms with Crippen molar-refractivity contribution < 1.29 is 21.8 Å². The minimum atomic E-state index is -3.37. The van der Waals surface area contributed by atoms with E-state index in [1.165, 1.54) is 23.6 Å². The normalized spacial score (nSPS) is 16.1. The predicted molar refractivity (Wildman–Crippen MR) is 161 cm³/mol. The van der Waals surface area contributed by atoms with Gasteiger partial charge in [0.15, 0.2) is 0 Å². The maximum Gasteiger partial charge on any atom is -0.147 e. The molecule has 0 amide bonds. The Labute approximate surface area is 224 Å². The molecule has 0 spiro atoms. The third kappa shape index (κ3) is 5.61. The third-order valence-corrected chi connectivity index (χ3v) is 29.8. The van der Waals surface area contributed by atoms with Crippen molar-refractivity contribution in [1.82, 2.24) is 0 Å². The van der Waals surface area contributed by atoms with Crippen LogP contribution >= 0.6 is 24.8 Å². The van der Waals surface area contributed by atoms with Gasteiger partial charge in [0.1, 0.15) is 0 Å². The van der Waals surface area contributed by atoms with E-state index in [1.807, 2.05) is 3.28 Å². The second-order valence-corrected chi connectivity index (χ2v) is 51.4. The van der Waals surface area contributed by atoms with E-state index in [1.54, 1.807) is 16.3 Å². The van der Waals surface area contributed by atoms with E-state index in [0.29, 0.717) is 3.63 Å². The van der Waals surface area contributed by atoms with Gasteiger partial charge in [-0.2, -0.15) is 0 Å². The van der Waals surface area contributed by atoms with Crippen LogP contribution in [-0.4, -0.2) is 29.9 Å². The fourth-order valence-corrected chi connectivity index (χ4v) is 31.1. The first-order valence-electron chi connectivity index (χ1n) is 12.1. The van der Waals surface area contributed by atoms with Crippen molar-refractivity contribution in [2.24, 2.45) is 0 Å². The zero-order valence-corrected chi connectivity index (χ0v) is 29.4. The zero-order valence-electron chi connectivity index (χ0n) is 21.9. The summed E-state index contributed by atoms with van der Waals surface area (Å²) in [6.07, 6.45) is 6.17. The Morgan fingerprint density at radius 1 is 0.882 bits per heavy atom. The molecule has 0 bridgehead atoms. The van der Waals surface area contributed by atoms with Crippen LogP contribution in [0.2, 0.25) is 48.0 Å². The average Bonchev–Trinajstić information content (AvgIpc) is 3.31. The minimum absolute atomic E-state index is 0. The molecule has 4 rings (SSSR count). The van der Waals surface area contributed by atoms with Gasteiger partial charge in [-0.05, 0) is 0 Å². The minimum Gasteiger partial charge on any atom is -0.147 e. The number of rotatable bonds is 7. The first-order chi connectivity index (χ1) is 14.8. The van der Waals surface area contributed by atoms with Gasteiger partial charge in [0.05, 0.1) is 0 Å². The van der Waals surface area contributed by atoms with Crippen molar-refractivity contribution in [3.05, 3.63) is 80.3 Å². The topological polar surface area (TPSA) is 9.23 Å². The van der Waals surface area contributed by atoms with Crippen molar-refractivity contribution in [3.8, 4) is 11.1 Å². The van der Waals surface area contributed by atoms with Gasteiger partial charge in [-0.25, -0.2) is 0 Å². The van der Waals surface area contributed by atoms with E-state index < -0.39 is 33.8 Å². The van der Waals surface area contributed by atoms with Gasteiger partial charge in [-0.15, -0.1) is 24.8 Å². The number of halogens is 2. The standard InChI is InChI=1S/C13H9.C12H23OSi2.2CH3.2ClH.H2Si.Zr/c1-3-7-12-10(5-1)9-11-6-2-4-8-13(11)12;1-14(2,3)13-10-11-15(4,5)12-8-6-7-9-12;;;;;;/h1-9H;6,8H,7,10-11H2,1-5H3;2*1H3;2*1H;1H2;. The summed E-state index contributed by atoms with van der Waals surface area (Å²) in [6.45, 7) is 15.4. The van der Waals surface area contributed by atoms with Gasteiger partial charge in [-0.3, -0.25) is 0 Å². The molecule has 0 fully saturated rings. The molecule has 0 saturated carbocycles. The van der Waals surface area contributed by atoms with E-state index >= 15 is 0 Å². The molecule has 7 heteroatoms. The van der Waals surface area contributed by atoms with E-state index in [2.05, 4.69) is 110 Å². The van der Waals surface area contributed by atoms with Crippen molar-refractivity contribution in [2.45, 2.75) is 58.1 Å². The number of hydrogen-bond acceptors (Lipinski definition) is 1. The van der Waals surface area contributed by atoms with Crippen molar-refractivity contribution in [1.29, 1.82) is 0 Å². The fourth-order valence-electron chi connectivity index (χ4n) is 5.99. The van der Waals surface area contributed by atoms with E-state index in [9.17, 15) is 0 Å². The zero-order chi connectivity index (χ0) is 23.4. The second kappa shape index (κ2) is 10.4. The molecule has 0 unspecified atom stereocenters. The smallest absolute Gasteiger partial charge is 0.147 e. The molecule has 2 aliphatic rings. The molecular formula is C27H42Cl2OSi3Zr. The summed E-state index contributed by atoms with van der Waals surface area (Å²) >= 11 is -3.37. The van der Waals surface area contributed by atoms with Gasteiger partial charge in [-0.1, -0.05) is 0 Å². The molecule has 2 aromatic carbocycles. The van der Waals surface area contributed by atoms with Crippen LogP contribution in [0.1, 0.15) is 21.2 Å². The molecule has 0 heterocycles. The van der Waals surface area contributed by atoms with Crippen LogP contribution in [0, 0.1) is 0 Å². The molecule has 1 nitrogen and oxygen atoms in total. The van der Waals surface area contributed by atoms with Crippen molar-refractivity contribution in [3.63, 3.8) is 0 Å². The van der Waals surface area contributed by atoms with Crippen molar-refractivity contribution >= 4 is 48.1 Å². The Hall–Kier alpha value is -0.00623. The number of fused-ring (bicyclic) bond motifs is 3. The van der Waals surface area contributed by atoms with E-state index in [0.717, 1.165) is 6.61 Å². The Morgan fingerprint density at radius 2 is 1.38 bits per heavy atom. The van der Waals surface area contributed by atoms with Crippen molar-refractivity contribution in [2.75, 3.05) is 6.61 Å². The fraction of sp³-hybridized carbons (Fsp3) is 0.407. The summed E-state index contributed by atoms with van der Waals surface area (Å²) in [5.41, 5.74) is 6.10. The summed E-state index contributed by atoms with van der Waals surface area (Å²) in [5, 5.41) is 1.75. The van der Waals surface area contributed by atoms with Crippen LogP contribution in [-0.2, 0) is 21.8 Å². The SMILES string of the molecule is C[Si](C)(C)OCC[Si](C)(C)C1=[C]([Zr]([CH3])([CH3])(=[SiH2])[CH]2c3ccccc3-c3ccccc32)CC=C1.Cl.Cl. The van der Waals surface area contributed by atoms with Crippen LogP contribution in [0.5, 0.6) is 0 Å². The van der Waals surface area contributed by atoms with Crippen LogP contribution in [0.15, 0.2) is 69.2 Å². The molecule has 186 valence electrons. The summed E-state index contributed by atoms with van der Waals surface area (Å²) in [4.78, 5) is 0. The maximum atomic E-state index is 6.31. The monoisotopic (exact) mass is 626 g/mol. The molecule has 0 radical (unpaired) electrons. The third-order valence-electron chi connectivity index (χ3n) is 7.67. The molecule has 34 heavy (non-hydrogen) atoms. The molecule has 0 aromatic heterocycles. The number of benzene rings is 2. The van der Waals surface area contributed by atoms with E-state index in [4.69, 9.17) is 4.43 Å². The molecule has 0 saturated heterocycles. The number of allylic oxidation sites excluding steroid dienone is 4. The maximum absolute atomic E-state index is 6.31. The summed E-state index contributed by atoms with van der Waals surface area (Å²) in [5.74, 6) is 0. The molecule has 0 aliphatic heterocycles. The quantitative estimate of drug-likeness (QED) is 0.281. The van der Waals surface area contributed by atoms with Gasteiger partial charge in [0.2, 0.25) is 0 Å². The molecule has 2 aromatic rings. The first kappa shape index (κ1) is 30.2. The Bertz CT molecular complexity index is 1140. The Balaban J connectivity index is 0.00000204. The van der Waals surface area contributed by atoms with Gasteiger partial charge in [0, 0.05) is 0 Å². The van der Waals surface area contributed by atoms with Crippen LogP contribution in [0.4, 0.5) is 0 Å². The van der Waals surface area contributed by atoms with E-state index in [-0.39, 0.29) is 24.8 Å². The Kier molecular flexibility index (Phi) is 9.24. The second-order valence-electron chi connectivity index (χ2n) is 12.5. The summed E-state index contributed by atoms with van der Waals surface area (Å²) in [6, 6.07) is 19.7. The van der Waals surface area contributed by atoms with Gasteiger partial charge >= 0.3 is 201 Å². The first-order valence-corrected chi connectivity index (χ1v) is 32.2. The molecular weight excluding hydrogens is 587 g/mol. The number of hydrogen-bond donors (Lipinski definition) is 0. The average molecular weight is 629 g/mol. The van der Waals surface area contributed by atoms with Gasteiger partial charge < -0.3 is 0 Å². The van der Waals surface area contributed by atoms with Gasteiger partial charge in [0.25, 0.3) is 0 Å². The predicted octanol–water partition coefficient (Wildman–Crippen LogP) is 8.25. The largest absolute Gasteiger partial charge is 0.147 e. The molecule has 0 N–H and O–H groups in total. The van der Waals surface area contributed by atoms with Crippen LogP contribution in [0.25, 0.3) is 11.1 Å². The molecule has 0 atom stereocenters. The molecule has 2 aliphatic carbocycles. The van der Waals surface area contributed by atoms with Crippen LogP contribution in [0.3, 0.4) is 0 Å². The Morgan fingerprint density at radius 3 is 1.88 bits per heavy atom.